The van der Waals surface area contributed by atoms with E-state index in [0.717, 1.165) is 18.2 Å². The van der Waals surface area contributed by atoms with Crippen molar-refractivity contribution < 1.29 is 17.9 Å². The summed E-state index contributed by atoms with van der Waals surface area (Å²) in [5, 5.41) is 0.408. The second-order valence-electron chi connectivity index (χ2n) is 3.91. The predicted molar refractivity (Wildman–Crippen MR) is 69.7 cm³/mol. The van der Waals surface area contributed by atoms with E-state index < -0.39 is 11.6 Å². The molecule has 100 valence electrons. The summed E-state index contributed by atoms with van der Waals surface area (Å²) in [5.41, 5.74) is 0.724. The van der Waals surface area contributed by atoms with Crippen molar-refractivity contribution in [1.82, 2.24) is 0 Å². The van der Waals surface area contributed by atoms with Crippen LogP contribution in [0.25, 0.3) is 0 Å². The zero-order valence-electron chi connectivity index (χ0n) is 9.80. The molecule has 0 radical (unpaired) electrons. The van der Waals surface area contributed by atoms with Crippen LogP contribution in [0.1, 0.15) is 11.1 Å². The fourth-order valence-electron chi connectivity index (χ4n) is 1.60. The minimum atomic E-state index is -0.538. The van der Waals surface area contributed by atoms with E-state index in [1.165, 1.54) is 18.2 Å². The summed E-state index contributed by atoms with van der Waals surface area (Å²) in [6.07, 6.45) is 0. The highest BCUT2D eigenvalue weighted by Crippen LogP contribution is 2.23. The standard InChI is InChI=1S/C14H10BrF3O/c15-7-9-5-12(17)2-4-14(9)19-8-10-6-11(16)1-3-13(10)18/h1-6H,7-8H2. The van der Waals surface area contributed by atoms with Crippen LogP contribution in [0.3, 0.4) is 0 Å². The Labute approximate surface area is 117 Å². The van der Waals surface area contributed by atoms with Crippen LogP contribution >= 0.6 is 15.9 Å². The zero-order valence-corrected chi connectivity index (χ0v) is 11.4. The molecule has 0 saturated carbocycles. The van der Waals surface area contributed by atoms with Gasteiger partial charge in [-0.25, -0.2) is 13.2 Å². The van der Waals surface area contributed by atoms with Crippen molar-refractivity contribution in [2.45, 2.75) is 11.9 Å². The number of benzene rings is 2. The lowest BCUT2D eigenvalue weighted by molar-refractivity contribution is 0.296. The molecule has 0 N–H and O–H groups in total. The van der Waals surface area contributed by atoms with Gasteiger partial charge < -0.3 is 4.74 Å². The van der Waals surface area contributed by atoms with Gasteiger partial charge >= 0.3 is 0 Å². The third-order valence-corrected chi connectivity index (χ3v) is 3.16. The topological polar surface area (TPSA) is 9.23 Å². The normalized spacial score (nSPS) is 10.5. The molecule has 0 spiro atoms. The molecule has 2 aromatic rings. The summed E-state index contributed by atoms with van der Waals surface area (Å²) in [6.45, 7) is -0.116. The van der Waals surface area contributed by atoms with Crippen molar-refractivity contribution in [3.05, 3.63) is 65.0 Å². The van der Waals surface area contributed by atoms with Crippen LogP contribution in [0.15, 0.2) is 36.4 Å². The number of rotatable bonds is 4. The first kappa shape index (κ1) is 13.9. The first-order chi connectivity index (χ1) is 9.10. The maximum absolute atomic E-state index is 13.4. The Morgan fingerprint density at radius 1 is 0.895 bits per heavy atom. The van der Waals surface area contributed by atoms with Crippen molar-refractivity contribution in [2.24, 2.45) is 0 Å². The molecule has 0 heterocycles. The van der Waals surface area contributed by atoms with Crippen molar-refractivity contribution >= 4 is 15.9 Å². The van der Waals surface area contributed by atoms with Crippen LogP contribution in [-0.2, 0) is 11.9 Å². The van der Waals surface area contributed by atoms with Gasteiger partial charge in [-0.2, -0.15) is 0 Å². The maximum atomic E-state index is 13.4. The van der Waals surface area contributed by atoms with Crippen molar-refractivity contribution in [3.63, 3.8) is 0 Å². The van der Waals surface area contributed by atoms with E-state index in [0.29, 0.717) is 16.6 Å². The molecule has 0 aliphatic carbocycles. The second-order valence-corrected chi connectivity index (χ2v) is 4.47. The third-order valence-electron chi connectivity index (χ3n) is 2.56. The van der Waals surface area contributed by atoms with E-state index in [9.17, 15) is 13.2 Å². The van der Waals surface area contributed by atoms with Crippen LogP contribution in [-0.4, -0.2) is 0 Å². The highest BCUT2D eigenvalue weighted by Gasteiger charge is 2.08. The summed E-state index contributed by atoms with van der Waals surface area (Å²) < 4.78 is 44.8. The minimum Gasteiger partial charge on any atom is -0.488 e. The van der Waals surface area contributed by atoms with Gasteiger partial charge in [-0.05, 0) is 36.4 Å². The molecule has 0 amide bonds. The van der Waals surface area contributed by atoms with Gasteiger partial charge in [-0.1, -0.05) is 15.9 Å². The lowest BCUT2D eigenvalue weighted by Crippen LogP contribution is -2.01. The molecular formula is C14H10BrF3O. The number of hydrogen-bond acceptors (Lipinski definition) is 1. The van der Waals surface area contributed by atoms with E-state index >= 15 is 0 Å². The van der Waals surface area contributed by atoms with E-state index in [1.807, 2.05) is 0 Å². The van der Waals surface area contributed by atoms with Crippen molar-refractivity contribution in [2.75, 3.05) is 0 Å². The van der Waals surface area contributed by atoms with Crippen molar-refractivity contribution in [1.29, 1.82) is 0 Å². The number of alkyl halides is 1. The lowest BCUT2D eigenvalue weighted by Gasteiger charge is -2.10. The maximum Gasteiger partial charge on any atom is 0.130 e. The lowest BCUT2D eigenvalue weighted by atomic mass is 10.2. The van der Waals surface area contributed by atoms with Gasteiger partial charge in [0.05, 0.1) is 0 Å². The highest BCUT2D eigenvalue weighted by atomic mass is 79.9. The number of ether oxygens (including phenoxy) is 1. The zero-order chi connectivity index (χ0) is 13.8. The van der Waals surface area contributed by atoms with Gasteiger partial charge in [-0.3, -0.25) is 0 Å². The van der Waals surface area contributed by atoms with Crippen LogP contribution < -0.4 is 4.74 Å². The first-order valence-electron chi connectivity index (χ1n) is 5.51. The fraction of sp³-hybridized carbons (Fsp3) is 0.143. The fourth-order valence-corrected chi connectivity index (χ4v) is 2.04. The van der Waals surface area contributed by atoms with Gasteiger partial charge in [0.1, 0.15) is 29.8 Å². The van der Waals surface area contributed by atoms with E-state index in [4.69, 9.17) is 4.74 Å². The van der Waals surface area contributed by atoms with E-state index in [-0.39, 0.29) is 18.0 Å². The first-order valence-corrected chi connectivity index (χ1v) is 6.63. The molecule has 0 aromatic heterocycles. The smallest absolute Gasteiger partial charge is 0.130 e. The van der Waals surface area contributed by atoms with Gasteiger partial charge in [0.2, 0.25) is 0 Å². The molecule has 0 bridgehead atoms. The summed E-state index contributed by atoms with van der Waals surface area (Å²) in [4.78, 5) is 0. The average molecular weight is 331 g/mol. The highest BCUT2D eigenvalue weighted by molar-refractivity contribution is 9.08. The van der Waals surface area contributed by atoms with Crippen LogP contribution in [0, 0.1) is 17.5 Å². The number of halogens is 4. The van der Waals surface area contributed by atoms with E-state index in [2.05, 4.69) is 15.9 Å². The Morgan fingerprint density at radius 3 is 2.21 bits per heavy atom. The molecule has 0 atom stereocenters. The van der Waals surface area contributed by atoms with Gasteiger partial charge in [0.15, 0.2) is 0 Å². The molecule has 1 nitrogen and oxygen atoms in total. The monoisotopic (exact) mass is 330 g/mol. The summed E-state index contributed by atoms with van der Waals surface area (Å²) in [7, 11) is 0. The quantitative estimate of drug-likeness (QED) is 0.746. The Kier molecular flexibility index (Phi) is 4.47. The Morgan fingerprint density at radius 2 is 1.53 bits per heavy atom. The van der Waals surface area contributed by atoms with Gasteiger partial charge in [0.25, 0.3) is 0 Å². The summed E-state index contributed by atoms with van der Waals surface area (Å²) in [5.74, 6) is -1.01. The SMILES string of the molecule is Fc1ccc(F)c(COc2ccc(F)cc2CBr)c1. The van der Waals surface area contributed by atoms with Crippen LogP contribution in [0.5, 0.6) is 5.75 Å². The molecule has 0 saturated heterocycles. The Balaban J connectivity index is 2.16. The van der Waals surface area contributed by atoms with Crippen LogP contribution in [0.2, 0.25) is 0 Å². The molecule has 19 heavy (non-hydrogen) atoms. The number of hydrogen-bond donors (Lipinski definition) is 0. The largest absolute Gasteiger partial charge is 0.488 e. The average Bonchev–Trinajstić information content (AvgIpc) is 2.40. The summed E-state index contributed by atoms with van der Waals surface area (Å²) >= 11 is 3.21. The molecule has 2 aromatic carbocycles. The van der Waals surface area contributed by atoms with Crippen LogP contribution in [0.4, 0.5) is 13.2 Å². The Hall–Kier alpha value is -1.49. The van der Waals surface area contributed by atoms with Gasteiger partial charge in [0, 0.05) is 16.5 Å². The molecular weight excluding hydrogens is 321 g/mol. The Bertz CT molecular complexity index is 587. The molecule has 0 aliphatic heterocycles. The summed E-state index contributed by atoms with van der Waals surface area (Å²) in [6, 6.07) is 7.20. The second kappa shape index (κ2) is 6.10. The molecule has 0 fully saturated rings. The van der Waals surface area contributed by atoms with E-state index in [1.54, 1.807) is 0 Å². The van der Waals surface area contributed by atoms with Gasteiger partial charge in [-0.15, -0.1) is 0 Å². The predicted octanol–water partition coefficient (Wildman–Crippen LogP) is 4.58. The molecule has 5 heteroatoms. The van der Waals surface area contributed by atoms with Crippen molar-refractivity contribution in [3.8, 4) is 5.75 Å². The third kappa shape index (κ3) is 3.50. The molecule has 2 rings (SSSR count). The molecule has 0 unspecified atom stereocenters. The minimum absolute atomic E-state index is 0.116. The molecule has 0 aliphatic rings.